The number of anilines is 1. The Labute approximate surface area is 120 Å². The summed E-state index contributed by atoms with van der Waals surface area (Å²) in [4.78, 5) is 12.0. The summed E-state index contributed by atoms with van der Waals surface area (Å²) in [6, 6.07) is 6.26. The SMILES string of the molecule is COc1ccc(C)cc1NC(=O)CNC1CCCCC1. The van der Waals surface area contributed by atoms with Crippen molar-refractivity contribution in [2.45, 2.75) is 45.1 Å². The monoisotopic (exact) mass is 276 g/mol. The van der Waals surface area contributed by atoms with Crippen LogP contribution < -0.4 is 15.4 Å². The smallest absolute Gasteiger partial charge is 0.238 e. The number of hydrogen-bond acceptors (Lipinski definition) is 3. The normalized spacial score (nSPS) is 15.9. The molecule has 0 saturated heterocycles. The molecular formula is C16H24N2O2. The van der Waals surface area contributed by atoms with Crippen molar-refractivity contribution in [1.29, 1.82) is 0 Å². The van der Waals surface area contributed by atoms with Crippen molar-refractivity contribution < 1.29 is 9.53 Å². The molecule has 110 valence electrons. The Bertz CT molecular complexity index is 454. The van der Waals surface area contributed by atoms with Crippen LogP contribution in [-0.4, -0.2) is 25.6 Å². The largest absolute Gasteiger partial charge is 0.495 e. The highest BCUT2D eigenvalue weighted by molar-refractivity contribution is 5.93. The molecule has 1 amide bonds. The Balaban J connectivity index is 1.86. The van der Waals surface area contributed by atoms with E-state index in [0.29, 0.717) is 18.3 Å². The van der Waals surface area contributed by atoms with E-state index in [1.807, 2.05) is 25.1 Å². The minimum Gasteiger partial charge on any atom is -0.495 e. The van der Waals surface area contributed by atoms with Gasteiger partial charge in [-0.2, -0.15) is 0 Å². The van der Waals surface area contributed by atoms with Crippen LogP contribution in [0.4, 0.5) is 5.69 Å². The molecule has 1 aromatic carbocycles. The maximum absolute atomic E-state index is 12.0. The predicted molar refractivity (Wildman–Crippen MR) is 81.2 cm³/mol. The summed E-state index contributed by atoms with van der Waals surface area (Å²) in [5.74, 6) is 0.682. The van der Waals surface area contributed by atoms with Gasteiger partial charge < -0.3 is 15.4 Å². The lowest BCUT2D eigenvalue weighted by molar-refractivity contribution is -0.115. The Morgan fingerprint density at radius 1 is 1.30 bits per heavy atom. The van der Waals surface area contributed by atoms with Gasteiger partial charge in [0.25, 0.3) is 0 Å². The van der Waals surface area contributed by atoms with Gasteiger partial charge in [0.15, 0.2) is 0 Å². The van der Waals surface area contributed by atoms with E-state index in [-0.39, 0.29) is 5.91 Å². The molecule has 1 aliphatic rings. The fourth-order valence-electron chi connectivity index (χ4n) is 2.66. The molecule has 1 aromatic rings. The van der Waals surface area contributed by atoms with Crippen LogP contribution in [0.5, 0.6) is 5.75 Å². The molecular weight excluding hydrogens is 252 g/mol. The number of amides is 1. The molecule has 1 aliphatic carbocycles. The van der Waals surface area contributed by atoms with E-state index in [4.69, 9.17) is 4.74 Å². The fourth-order valence-corrected chi connectivity index (χ4v) is 2.66. The lowest BCUT2D eigenvalue weighted by Crippen LogP contribution is -2.37. The summed E-state index contributed by atoms with van der Waals surface area (Å²) in [7, 11) is 1.61. The summed E-state index contributed by atoms with van der Waals surface area (Å²) in [5, 5.41) is 6.26. The topological polar surface area (TPSA) is 50.4 Å². The molecule has 2 rings (SSSR count). The van der Waals surface area contributed by atoms with Gasteiger partial charge in [-0.05, 0) is 37.5 Å². The molecule has 4 heteroatoms. The molecule has 0 aliphatic heterocycles. The summed E-state index contributed by atoms with van der Waals surface area (Å²) in [5.41, 5.74) is 1.84. The van der Waals surface area contributed by atoms with Gasteiger partial charge in [-0.15, -0.1) is 0 Å². The Hall–Kier alpha value is -1.55. The van der Waals surface area contributed by atoms with Crippen molar-refractivity contribution in [1.82, 2.24) is 5.32 Å². The molecule has 1 saturated carbocycles. The van der Waals surface area contributed by atoms with Crippen LogP contribution in [0.3, 0.4) is 0 Å². The zero-order valence-corrected chi connectivity index (χ0v) is 12.4. The molecule has 4 nitrogen and oxygen atoms in total. The van der Waals surface area contributed by atoms with E-state index in [1.165, 1.54) is 32.1 Å². The highest BCUT2D eigenvalue weighted by Crippen LogP contribution is 2.25. The molecule has 2 N–H and O–H groups in total. The number of carbonyl (C=O) groups excluding carboxylic acids is 1. The number of carbonyl (C=O) groups is 1. The van der Waals surface area contributed by atoms with E-state index in [0.717, 1.165) is 11.3 Å². The van der Waals surface area contributed by atoms with E-state index in [2.05, 4.69) is 10.6 Å². The predicted octanol–water partition coefficient (Wildman–Crippen LogP) is 2.86. The van der Waals surface area contributed by atoms with Crippen LogP contribution in [0.2, 0.25) is 0 Å². The molecule has 0 atom stereocenters. The van der Waals surface area contributed by atoms with Crippen molar-refractivity contribution >= 4 is 11.6 Å². The Kier molecular flexibility index (Phi) is 5.41. The minimum atomic E-state index is -0.0144. The lowest BCUT2D eigenvalue weighted by atomic mass is 9.95. The van der Waals surface area contributed by atoms with Crippen LogP contribution in [0.25, 0.3) is 0 Å². The van der Waals surface area contributed by atoms with Crippen molar-refractivity contribution in [3.8, 4) is 5.75 Å². The average Bonchev–Trinajstić information content (AvgIpc) is 2.46. The van der Waals surface area contributed by atoms with Gasteiger partial charge in [0.2, 0.25) is 5.91 Å². The van der Waals surface area contributed by atoms with Gasteiger partial charge in [0, 0.05) is 6.04 Å². The molecule has 0 aromatic heterocycles. The summed E-state index contributed by atoms with van der Waals surface area (Å²) < 4.78 is 5.26. The standard InChI is InChI=1S/C16H24N2O2/c1-12-8-9-15(20-2)14(10-12)18-16(19)11-17-13-6-4-3-5-7-13/h8-10,13,17H,3-7,11H2,1-2H3,(H,18,19). The summed E-state index contributed by atoms with van der Waals surface area (Å²) >= 11 is 0. The zero-order chi connectivity index (χ0) is 14.4. The average molecular weight is 276 g/mol. The van der Waals surface area contributed by atoms with Crippen molar-refractivity contribution in [3.05, 3.63) is 23.8 Å². The Morgan fingerprint density at radius 2 is 2.05 bits per heavy atom. The van der Waals surface area contributed by atoms with Gasteiger partial charge in [0.1, 0.15) is 5.75 Å². The first-order valence-corrected chi connectivity index (χ1v) is 7.37. The van der Waals surface area contributed by atoms with Crippen LogP contribution in [-0.2, 0) is 4.79 Å². The first kappa shape index (κ1) is 14.9. The lowest BCUT2D eigenvalue weighted by Gasteiger charge is -2.22. The van der Waals surface area contributed by atoms with Crippen molar-refractivity contribution in [2.24, 2.45) is 0 Å². The first-order chi connectivity index (χ1) is 9.69. The van der Waals surface area contributed by atoms with E-state index >= 15 is 0 Å². The molecule has 0 spiro atoms. The number of ether oxygens (including phenoxy) is 1. The van der Waals surface area contributed by atoms with Crippen molar-refractivity contribution in [3.63, 3.8) is 0 Å². The highest BCUT2D eigenvalue weighted by Gasteiger charge is 2.14. The summed E-state index contributed by atoms with van der Waals surface area (Å²) in [6.07, 6.45) is 6.23. The second-order valence-corrected chi connectivity index (χ2v) is 5.47. The first-order valence-electron chi connectivity index (χ1n) is 7.37. The quantitative estimate of drug-likeness (QED) is 0.869. The van der Waals surface area contributed by atoms with E-state index in [9.17, 15) is 4.79 Å². The summed E-state index contributed by atoms with van der Waals surface area (Å²) in [6.45, 7) is 2.36. The van der Waals surface area contributed by atoms with Crippen LogP contribution >= 0.6 is 0 Å². The van der Waals surface area contributed by atoms with Gasteiger partial charge in [-0.3, -0.25) is 4.79 Å². The third-order valence-corrected chi connectivity index (χ3v) is 3.79. The number of methoxy groups -OCH3 is 1. The number of hydrogen-bond donors (Lipinski definition) is 2. The van der Waals surface area contributed by atoms with Crippen molar-refractivity contribution in [2.75, 3.05) is 19.0 Å². The van der Waals surface area contributed by atoms with Crippen LogP contribution in [0.1, 0.15) is 37.7 Å². The van der Waals surface area contributed by atoms with Gasteiger partial charge >= 0.3 is 0 Å². The zero-order valence-electron chi connectivity index (χ0n) is 12.4. The second-order valence-electron chi connectivity index (χ2n) is 5.47. The fraction of sp³-hybridized carbons (Fsp3) is 0.562. The maximum Gasteiger partial charge on any atom is 0.238 e. The molecule has 0 radical (unpaired) electrons. The van der Waals surface area contributed by atoms with Crippen LogP contribution in [0, 0.1) is 6.92 Å². The number of rotatable bonds is 5. The third kappa shape index (κ3) is 4.23. The number of aryl methyl sites for hydroxylation is 1. The third-order valence-electron chi connectivity index (χ3n) is 3.79. The van der Waals surface area contributed by atoms with Crippen LogP contribution in [0.15, 0.2) is 18.2 Å². The van der Waals surface area contributed by atoms with Gasteiger partial charge in [-0.25, -0.2) is 0 Å². The number of nitrogens with one attached hydrogen (secondary N) is 2. The highest BCUT2D eigenvalue weighted by atomic mass is 16.5. The minimum absolute atomic E-state index is 0.0144. The Morgan fingerprint density at radius 3 is 2.75 bits per heavy atom. The molecule has 0 unspecified atom stereocenters. The molecule has 0 bridgehead atoms. The molecule has 1 fully saturated rings. The van der Waals surface area contributed by atoms with E-state index < -0.39 is 0 Å². The van der Waals surface area contributed by atoms with E-state index in [1.54, 1.807) is 7.11 Å². The number of benzene rings is 1. The molecule has 0 heterocycles. The maximum atomic E-state index is 12.0. The van der Waals surface area contributed by atoms with Gasteiger partial charge in [0.05, 0.1) is 19.3 Å². The molecule has 20 heavy (non-hydrogen) atoms. The van der Waals surface area contributed by atoms with Gasteiger partial charge in [-0.1, -0.05) is 25.3 Å². The second kappa shape index (κ2) is 7.29.